The molecule has 0 saturated heterocycles. The molecule has 3 heteroatoms. The van der Waals surface area contributed by atoms with Crippen molar-refractivity contribution in [1.82, 2.24) is 0 Å². The van der Waals surface area contributed by atoms with Crippen LogP contribution in [0.5, 0.6) is 0 Å². The van der Waals surface area contributed by atoms with Gasteiger partial charge in [0.1, 0.15) is 0 Å². The lowest BCUT2D eigenvalue weighted by molar-refractivity contribution is 1.43. The van der Waals surface area contributed by atoms with Gasteiger partial charge in [0.2, 0.25) is 0 Å². The lowest BCUT2D eigenvalue weighted by Crippen LogP contribution is -1.91. The first-order valence-corrected chi connectivity index (χ1v) is 3.45. The minimum Gasteiger partial charge on any atom is -0.399 e. The molecule has 0 aromatic heterocycles. The van der Waals surface area contributed by atoms with Crippen LogP contribution >= 0.6 is 22.6 Å². The highest BCUT2D eigenvalue weighted by atomic mass is 127. The van der Waals surface area contributed by atoms with E-state index in [1.807, 2.05) is 22.6 Å². The van der Waals surface area contributed by atoms with Gasteiger partial charge in [-0.1, -0.05) is 6.58 Å². The van der Waals surface area contributed by atoms with Crippen molar-refractivity contribution < 1.29 is 0 Å². The van der Waals surface area contributed by atoms with E-state index in [0.717, 1.165) is 0 Å². The first-order chi connectivity index (χ1) is 4.16. The van der Waals surface area contributed by atoms with Crippen LogP contribution in [0.4, 0.5) is 0 Å². The number of hydrogen-bond donors (Lipinski definition) is 2. The minimum atomic E-state index is 0.620. The summed E-state index contributed by atoms with van der Waals surface area (Å²) in [6, 6.07) is 0. The summed E-state index contributed by atoms with van der Waals surface area (Å²) in [4.78, 5) is 0. The molecule has 0 spiro atoms. The Bertz CT molecular complexity index is 154. The summed E-state index contributed by atoms with van der Waals surface area (Å²) in [5.41, 5.74) is 11.3. The predicted molar refractivity (Wildman–Crippen MR) is 48.8 cm³/mol. The highest BCUT2D eigenvalue weighted by molar-refractivity contribution is 14.1. The average Bonchev–Trinajstić information content (AvgIpc) is 1.83. The van der Waals surface area contributed by atoms with E-state index in [2.05, 4.69) is 6.58 Å². The van der Waals surface area contributed by atoms with E-state index >= 15 is 0 Å². The second-order valence-corrected chi connectivity index (χ2v) is 2.67. The van der Waals surface area contributed by atoms with Crippen molar-refractivity contribution in [1.29, 1.82) is 0 Å². The van der Waals surface area contributed by atoms with Crippen LogP contribution in [0.1, 0.15) is 0 Å². The maximum Gasteiger partial charge on any atom is 0.0706 e. The zero-order chi connectivity index (χ0) is 7.28. The summed E-state index contributed by atoms with van der Waals surface area (Å²) in [5.74, 6) is 0. The fourth-order valence-electron chi connectivity index (χ4n) is 0.244. The summed E-state index contributed by atoms with van der Waals surface area (Å²) in [5, 5.41) is 0. The maximum atomic E-state index is 5.36. The molecule has 0 amide bonds. The van der Waals surface area contributed by atoms with Crippen molar-refractivity contribution >= 4 is 22.6 Å². The molecule has 9 heavy (non-hydrogen) atoms. The van der Waals surface area contributed by atoms with Gasteiger partial charge in [0, 0.05) is 5.70 Å². The van der Waals surface area contributed by atoms with Crippen LogP contribution in [0.15, 0.2) is 34.2 Å². The van der Waals surface area contributed by atoms with Crippen LogP contribution in [0.25, 0.3) is 0 Å². The third-order valence-corrected chi connectivity index (χ3v) is 1.03. The Hall–Kier alpha value is -0.450. The zero-order valence-corrected chi connectivity index (χ0v) is 7.13. The minimum absolute atomic E-state index is 0.620. The monoisotopic (exact) mass is 236 g/mol. The SMILES string of the molecule is C=C/C(N)=C\C=C(\N)I. The third kappa shape index (κ3) is 5.42. The van der Waals surface area contributed by atoms with Crippen molar-refractivity contribution in [3.8, 4) is 0 Å². The van der Waals surface area contributed by atoms with Crippen LogP contribution in [0.2, 0.25) is 0 Å². The van der Waals surface area contributed by atoms with Crippen molar-refractivity contribution in [2.24, 2.45) is 11.5 Å². The van der Waals surface area contributed by atoms with E-state index in [0.29, 0.717) is 9.40 Å². The van der Waals surface area contributed by atoms with Gasteiger partial charge in [0.25, 0.3) is 0 Å². The van der Waals surface area contributed by atoms with Gasteiger partial charge in [-0.05, 0) is 40.8 Å². The molecule has 0 aliphatic rings. The molecule has 0 aromatic carbocycles. The lowest BCUT2D eigenvalue weighted by atomic mass is 10.4. The molecular weight excluding hydrogens is 227 g/mol. The number of halogens is 1. The highest BCUT2D eigenvalue weighted by Gasteiger charge is 1.76. The quantitative estimate of drug-likeness (QED) is 0.430. The molecule has 0 aliphatic heterocycles. The molecule has 0 heterocycles. The Morgan fingerprint density at radius 2 is 1.89 bits per heavy atom. The van der Waals surface area contributed by atoms with Gasteiger partial charge in [-0.2, -0.15) is 0 Å². The van der Waals surface area contributed by atoms with E-state index in [1.165, 1.54) is 0 Å². The third-order valence-electron chi connectivity index (χ3n) is 0.671. The summed E-state index contributed by atoms with van der Waals surface area (Å²) >= 11 is 2.00. The van der Waals surface area contributed by atoms with E-state index < -0.39 is 0 Å². The average molecular weight is 236 g/mol. The largest absolute Gasteiger partial charge is 0.399 e. The van der Waals surface area contributed by atoms with E-state index in [1.54, 1.807) is 18.2 Å². The Morgan fingerprint density at radius 3 is 2.22 bits per heavy atom. The molecule has 0 radical (unpaired) electrons. The van der Waals surface area contributed by atoms with Gasteiger partial charge in [-0.25, -0.2) is 0 Å². The van der Waals surface area contributed by atoms with Crippen molar-refractivity contribution in [3.05, 3.63) is 34.2 Å². The first kappa shape index (κ1) is 8.55. The van der Waals surface area contributed by atoms with Crippen LogP contribution in [-0.4, -0.2) is 0 Å². The zero-order valence-electron chi connectivity index (χ0n) is 4.97. The van der Waals surface area contributed by atoms with Crippen LogP contribution < -0.4 is 11.5 Å². The molecule has 2 nitrogen and oxygen atoms in total. The predicted octanol–water partition coefficient (Wildman–Crippen LogP) is 1.25. The van der Waals surface area contributed by atoms with E-state index in [9.17, 15) is 0 Å². The maximum absolute atomic E-state index is 5.36. The standard InChI is InChI=1S/C6H9IN2/c1-2-5(8)3-4-6(7)9/h2-4H,1,8-9H2/b5-3+,6-4+. The number of nitrogens with two attached hydrogens (primary N) is 2. The molecule has 0 fully saturated rings. The van der Waals surface area contributed by atoms with Gasteiger partial charge in [0.05, 0.1) is 3.70 Å². The summed E-state index contributed by atoms with van der Waals surface area (Å²) in [7, 11) is 0. The van der Waals surface area contributed by atoms with Gasteiger partial charge in [-0.15, -0.1) is 0 Å². The fraction of sp³-hybridized carbons (Fsp3) is 0. The summed E-state index contributed by atoms with van der Waals surface area (Å²) < 4.78 is 0.706. The summed E-state index contributed by atoms with van der Waals surface area (Å²) in [6.07, 6.45) is 4.99. The topological polar surface area (TPSA) is 52.0 Å². The number of allylic oxidation sites excluding steroid dienone is 3. The Balaban J connectivity index is 3.98. The summed E-state index contributed by atoms with van der Waals surface area (Å²) in [6.45, 7) is 3.47. The smallest absolute Gasteiger partial charge is 0.0706 e. The van der Waals surface area contributed by atoms with Crippen molar-refractivity contribution in [2.45, 2.75) is 0 Å². The second kappa shape index (κ2) is 4.43. The molecule has 0 aliphatic carbocycles. The molecule has 0 saturated carbocycles. The molecule has 0 unspecified atom stereocenters. The van der Waals surface area contributed by atoms with Crippen LogP contribution in [0, 0.1) is 0 Å². The highest BCUT2D eigenvalue weighted by Crippen LogP contribution is 1.96. The van der Waals surface area contributed by atoms with Gasteiger partial charge < -0.3 is 11.5 Å². The molecule has 0 bridgehead atoms. The van der Waals surface area contributed by atoms with Gasteiger partial charge in [-0.3, -0.25) is 0 Å². The number of hydrogen-bond acceptors (Lipinski definition) is 2. The molecular formula is C6H9IN2. The first-order valence-electron chi connectivity index (χ1n) is 2.37. The van der Waals surface area contributed by atoms with Crippen molar-refractivity contribution in [2.75, 3.05) is 0 Å². The normalized spacial score (nSPS) is 13.4. The van der Waals surface area contributed by atoms with Gasteiger partial charge >= 0.3 is 0 Å². The molecule has 0 rings (SSSR count). The van der Waals surface area contributed by atoms with Crippen molar-refractivity contribution in [3.63, 3.8) is 0 Å². The van der Waals surface area contributed by atoms with Crippen LogP contribution in [-0.2, 0) is 0 Å². The van der Waals surface area contributed by atoms with E-state index in [4.69, 9.17) is 11.5 Å². The Morgan fingerprint density at radius 1 is 1.33 bits per heavy atom. The Labute approximate surface area is 68.4 Å². The number of rotatable bonds is 2. The van der Waals surface area contributed by atoms with Crippen LogP contribution in [0.3, 0.4) is 0 Å². The van der Waals surface area contributed by atoms with E-state index in [-0.39, 0.29) is 0 Å². The molecule has 50 valence electrons. The fourth-order valence-corrected chi connectivity index (χ4v) is 0.424. The Kier molecular flexibility index (Phi) is 4.21. The molecule has 4 N–H and O–H groups in total. The molecule has 0 aromatic rings. The lowest BCUT2D eigenvalue weighted by Gasteiger charge is -1.86. The van der Waals surface area contributed by atoms with Gasteiger partial charge in [0.15, 0.2) is 0 Å². The molecule has 0 atom stereocenters. The second-order valence-electron chi connectivity index (χ2n) is 1.42.